The predicted octanol–water partition coefficient (Wildman–Crippen LogP) is 0.0990. The van der Waals surface area contributed by atoms with E-state index in [0.29, 0.717) is 0 Å². The van der Waals surface area contributed by atoms with Gasteiger partial charge in [-0.2, -0.15) is 0 Å². The van der Waals surface area contributed by atoms with Gasteiger partial charge < -0.3 is 14.3 Å². The molecule has 0 aromatic heterocycles. The molecule has 1 N–H and O–H groups in total. The zero-order valence-corrected chi connectivity index (χ0v) is 8.83. The molecule has 5 heteroatoms. The number of carbonyl (C=O) groups is 2. The van der Waals surface area contributed by atoms with Crippen LogP contribution in [0, 0.1) is 0 Å². The maximum atomic E-state index is 10.9. The van der Waals surface area contributed by atoms with Crippen LogP contribution in [0.25, 0.3) is 0 Å². The van der Waals surface area contributed by atoms with Gasteiger partial charge in [0.15, 0.2) is 6.08 Å². The molecule has 5 nitrogen and oxygen atoms in total. The highest BCUT2D eigenvalue weighted by molar-refractivity contribution is 5.69. The van der Waals surface area contributed by atoms with Crippen LogP contribution in [0.5, 0.6) is 0 Å². The molecule has 0 unspecified atom stereocenters. The second kappa shape index (κ2) is 4.95. The average molecular weight is 207 g/mol. The molecular weight excluding hydrogens is 186 g/mol. The number of nitrogens with zero attached hydrogens (tertiary/aromatic N) is 1. The maximum absolute atomic E-state index is 10.9. The molecule has 14 heavy (non-hydrogen) atoms. The molecule has 0 aliphatic heterocycles. The van der Waals surface area contributed by atoms with Gasteiger partial charge in [0, 0.05) is 9.67 Å². The molecule has 0 aliphatic rings. The Balaban J connectivity index is 5.38. The highest BCUT2D eigenvalue weighted by atomic mass is 16.5. The van der Waals surface area contributed by atoms with Gasteiger partial charge in [0.25, 0.3) is 0 Å². The largest absolute Gasteiger partial charge is 0.481 e. The van der Waals surface area contributed by atoms with Crippen LogP contribution in [-0.2, 0) is 14.3 Å². The van der Waals surface area contributed by atoms with Gasteiger partial charge in [-0.25, -0.2) is 0 Å². The molecule has 0 aromatic rings. The highest BCUT2D eigenvalue weighted by Gasteiger charge is 2.23. The summed E-state index contributed by atoms with van der Waals surface area (Å²) in [5.41, 5.74) is 0. The first-order valence-corrected chi connectivity index (χ1v) is 4.05. The van der Waals surface area contributed by atoms with Crippen LogP contribution in [0.3, 0.4) is 0 Å². The Morgan fingerprint density at radius 1 is 1.57 bits per heavy atom. The minimum atomic E-state index is -2.98. The molecule has 0 rings (SSSR count). The van der Waals surface area contributed by atoms with Crippen molar-refractivity contribution in [1.29, 1.82) is 0 Å². The van der Waals surface area contributed by atoms with Crippen molar-refractivity contribution < 1.29 is 28.0 Å². The molecule has 0 bridgehead atoms. The van der Waals surface area contributed by atoms with Gasteiger partial charge in [-0.1, -0.05) is 0 Å². The maximum Gasteiger partial charge on any atom is 0.307 e. The average Bonchev–Trinajstić information content (AvgIpc) is 1.97. The Morgan fingerprint density at radius 2 is 2.07 bits per heavy atom. The van der Waals surface area contributed by atoms with E-state index >= 15 is 0 Å². The molecule has 0 amide bonds. The lowest BCUT2D eigenvalue weighted by molar-refractivity contribution is -0.873. The van der Waals surface area contributed by atoms with Crippen LogP contribution < -0.4 is 0 Å². The van der Waals surface area contributed by atoms with Crippen LogP contribution in [0.4, 0.5) is 0 Å². The van der Waals surface area contributed by atoms with Crippen molar-refractivity contribution in [3.63, 3.8) is 0 Å². The third-order valence-electron chi connectivity index (χ3n) is 1.13. The van der Waals surface area contributed by atoms with E-state index in [1.165, 1.54) is 0 Å². The number of carbonyl (C=O) groups excluding carboxylic acids is 1. The van der Waals surface area contributed by atoms with E-state index in [2.05, 4.69) is 4.74 Å². The van der Waals surface area contributed by atoms with Crippen molar-refractivity contribution in [1.82, 2.24) is 0 Å². The summed E-state index contributed by atoms with van der Waals surface area (Å²) in [6.07, 6.45) is -5.45. The summed E-state index contributed by atoms with van der Waals surface area (Å²) >= 11 is 0. The fourth-order valence-electron chi connectivity index (χ4n) is 0.821. The zero-order valence-electron chi connectivity index (χ0n) is 11.8. The summed E-state index contributed by atoms with van der Waals surface area (Å²) in [7, 11) is 4.93. The first kappa shape index (κ1) is 8.23. The Kier molecular flexibility index (Phi) is 2.91. The third-order valence-corrected chi connectivity index (χ3v) is 1.13. The van der Waals surface area contributed by atoms with Crippen LogP contribution in [0.1, 0.15) is 17.4 Å². The second-order valence-electron chi connectivity index (χ2n) is 3.90. The Hall–Kier alpha value is -1.10. The van der Waals surface area contributed by atoms with Gasteiger partial charge in [-0.3, -0.25) is 9.59 Å². The first-order valence-electron chi connectivity index (χ1n) is 5.55. The summed E-state index contributed by atoms with van der Waals surface area (Å²) in [6.45, 7) is 0.725. The number of carboxylic acid groups (broad SMARTS) is 1. The number of quaternary nitrogens is 1. The summed E-state index contributed by atoms with van der Waals surface area (Å²) < 4.78 is 27.3. The second-order valence-corrected chi connectivity index (χ2v) is 3.90. The molecule has 1 atom stereocenters. The molecule has 0 fully saturated rings. The Morgan fingerprint density at radius 3 is 2.36 bits per heavy atom. The van der Waals surface area contributed by atoms with E-state index in [4.69, 9.17) is 9.22 Å². The van der Waals surface area contributed by atoms with Crippen molar-refractivity contribution >= 4 is 11.9 Å². The lowest BCUT2D eigenvalue weighted by atomic mass is 10.2. The van der Waals surface area contributed by atoms with E-state index in [0.717, 1.165) is 6.92 Å². The normalized spacial score (nSPS) is 19.9. The number of carboxylic acids is 1. The Bertz CT molecular complexity index is 327. The summed E-state index contributed by atoms with van der Waals surface area (Å²) in [6, 6.07) is 0. The van der Waals surface area contributed by atoms with Crippen LogP contribution in [0.15, 0.2) is 0 Å². The van der Waals surface area contributed by atoms with Crippen molar-refractivity contribution in [2.45, 2.75) is 19.4 Å². The topological polar surface area (TPSA) is 63.6 Å². The van der Waals surface area contributed by atoms with Gasteiger partial charge in [0.05, 0.1) is 28.9 Å². The summed E-state index contributed by atoms with van der Waals surface area (Å²) in [4.78, 5) is 21.7. The predicted molar refractivity (Wildman–Crippen MR) is 50.7 cm³/mol. The summed E-state index contributed by atoms with van der Waals surface area (Å²) in [5.74, 6) is -2.72. The van der Waals surface area contributed by atoms with Gasteiger partial charge in [-0.15, -0.1) is 0 Å². The van der Waals surface area contributed by atoms with Crippen molar-refractivity contribution in [2.24, 2.45) is 0 Å². The van der Waals surface area contributed by atoms with E-state index < -0.39 is 24.4 Å². The molecule has 0 saturated heterocycles. The SMILES string of the molecule is [2H]C([2H])(C(=O)O)[C@]([2H])(C[N+](C)(C)C)OC(C)=O. The fourth-order valence-corrected chi connectivity index (χ4v) is 0.821. The number of likely N-dealkylation sites (N-methyl/N-ethyl adjacent to an activating group) is 1. The van der Waals surface area contributed by atoms with E-state index in [1.807, 2.05) is 0 Å². The molecule has 0 heterocycles. The van der Waals surface area contributed by atoms with Crippen molar-refractivity contribution in [3.8, 4) is 0 Å². The number of hydrogen-bond acceptors (Lipinski definition) is 3. The fraction of sp³-hybridized carbons (Fsp3) is 0.778. The highest BCUT2D eigenvalue weighted by Crippen LogP contribution is 2.04. The summed E-state index contributed by atoms with van der Waals surface area (Å²) in [5, 5.41) is 8.79. The van der Waals surface area contributed by atoms with Gasteiger partial charge >= 0.3 is 11.9 Å². The molecule has 0 aliphatic carbocycles. The number of rotatable bonds is 5. The third kappa shape index (κ3) is 7.54. The molecule has 0 spiro atoms. The monoisotopic (exact) mass is 207 g/mol. The zero-order chi connectivity index (χ0) is 14.1. The number of hydrogen-bond donors (Lipinski definition) is 1. The standard InChI is InChI=1S/C9H17NO4/c1-7(11)14-8(5-9(12)13)6-10(2,3)4/h8H,5-6H2,1-4H3/p+1/t8-/m1/s1/i5D2,8D. The lowest BCUT2D eigenvalue weighted by Crippen LogP contribution is -2.43. The number of aliphatic carboxylic acids is 1. The molecule has 82 valence electrons. The molecular formula is C9H18NO4+. The minimum Gasteiger partial charge on any atom is -0.481 e. The van der Waals surface area contributed by atoms with Crippen LogP contribution in [0.2, 0.25) is 0 Å². The van der Waals surface area contributed by atoms with E-state index in [9.17, 15) is 9.59 Å². The van der Waals surface area contributed by atoms with Gasteiger partial charge in [0.2, 0.25) is 0 Å². The quantitative estimate of drug-likeness (QED) is 0.513. The van der Waals surface area contributed by atoms with Gasteiger partial charge in [0.1, 0.15) is 6.54 Å². The number of esters is 1. The smallest absolute Gasteiger partial charge is 0.307 e. The molecule has 0 saturated carbocycles. The van der Waals surface area contributed by atoms with Crippen molar-refractivity contribution in [3.05, 3.63) is 0 Å². The number of ether oxygens (including phenoxy) is 1. The lowest BCUT2D eigenvalue weighted by Gasteiger charge is -2.28. The van der Waals surface area contributed by atoms with Crippen LogP contribution in [-0.4, -0.2) is 55.3 Å². The molecule has 0 aromatic carbocycles. The van der Waals surface area contributed by atoms with E-state index in [1.54, 1.807) is 21.1 Å². The first-order chi connectivity index (χ1) is 7.32. The van der Waals surface area contributed by atoms with Gasteiger partial charge in [-0.05, 0) is 0 Å². The minimum absolute atomic E-state index is 0.0869. The Labute approximate surface area is 88.1 Å². The van der Waals surface area contributed by atoms with Crippen LogP contribution >= 0.6 is 0 Å². The van der Waals surface area contributed by atoms with E-state index in [-0.39, 0.29) is 11.0 Å². The molecule has 0 radical (unpaired) electrons. The van der Waals surface area contributed by atoms with Crippen molar-refractivity contribution in [2.75, 3.05) is 27.7 Å².